The molecule has 128 valence electrons. The van der Waals surface area contributed by atoms with Crippen molar-refractivity contribution in [1.29, 1.82) is 0 Å². The van der Waals surface area contributed by atoms with Crippen LogP contribution in [0.15, 0.2) is 16.7 Å². The van der Waals surface area contributed by atoms with E-state index in [1.165, 1.54) is 18.4 Å². The first kappa shape index (κ1) is 23.0. The lowest BCUT2D eigenvalue weighted by Crippen LogP contribution is -1.96. The number of aromatic nitrogens is 1. The molecule has 1 rings (SSSR count). The number of unbranched alkanes of at least 4 members (excludes halogenated alkanes) is 1. The highest BCUT2D eigenvalue weighted by atomic mass is 16.5. The Balaban J connectivity index is 0. The summed E-state index contributed by atoms with van der Waals surface area (Å²) in [6.07, 6.45) is 8.55. The Kier molecular flexibility index (Phi) is 15.3. The maximum Gasteiger partial charge on any atom is 0.167 e. The molecular weight excluding hydrogens is 270 g/mol. The smallest absolute Gasteiger partial charge is 0.167 e. The molecule has 0 fully saturated rings. The Labute approximate surface area is 138 Å². The molecule has 1 heterocycles. The molecule has 0 saturated heterocycles. The number of hydrogen-bond donors (Lipinski definition) is 0. The van der Waals surface area contributed by atoms with E-state index in [0.717, 1.165) is 29.9 Å². The zero-order chi connectivity index (χ0) is 17.5. The van der Waals surface area contributed by atoms with Crippen LogP contribution < -0.4 is 0 Å². The fraction of sp³-hybridized carbons (Fsp3) is 0.650. The highest BCUT2D eigenvalue weighted by Gasteiger charge is 2.17. The van der Waals surface area contributed by atoms with Crippen molar-refractivity contribution in [3.8, 4) is 0 Å². The highest BCUT2D eigenvalue weighted by Crippen LogP contribution is 2.28. The molecule has 0 amide bonds. The fourth-order valence-corrected chi connectivity index (χ4v) is 1.96. The van der Waals surface area contributed by atoms with Crippen LogP contribution in [0, 0.1) is 0 Å². The van der Waals surface area contributed by atoms with Crippen LogP contribution in [0.4, 0.5) is 0 Å². The first-order valence-corrected chi connectivity index (χ1v) is 8.93. The molecule has 1 unspecified atom stereocenters. The van der Waals surface area contributed by atoms with Crippen molar-refractivity contribution in [2.75, 3.05) is 0 Å². The first-order chi connectivity index (χ1) is 10.6. The molecule has 0 radical (unpaired) electrons. The minimum absolute atomic E-state index is 0.436. The van der Waals surface area contributed by atoms with Gasteiger partial charge in [-0.05, 0) is 25.8 Å². The number of rotatable bonds is 7. The Morgan fingerprint density at radius 1 is 1.23 bits per heavy atom. The van der Waals surface area contributed by atoms with Gasteiger partial charge in [0.1, 0.15) is 0 Å². The summed E-state index contributed by atoms with van der Waals surface area (Å²) in [6.45, 7) is 20.6. The standard InChI is InChI=1S/C16H25NO.2C2H6/c1-6-9-10-13(5)16-14(8-3)15(18-17-16)11-12(4)7-2;2*1-2/h8,11,13H,3,6-7,9-10H2,1-2,4-5H3;2*1-2H3/b12-11-;;. The Hall–Kier alpha value is -1.31. The molecule has 1 aromatic heterocycles. The summed E-state index contributed by atoms with van der Waals surface area (Å²) >= 11 is 0. The van der Waals surface area contributed by atoms with Crippen LogP contribution >= 0.6 is 0 Å². The van der Waals surface area contributed by atoms with Crippen molar-refractivity contribution >= 4 is 12.2 Å². The maximum atomic E-state index is 5.46. The molecule has 1 atom stereocenters. The lowest BCUT2D eigenvalue weighted by atomic mass is 9.96. The lowest BCUT2D eigenvalue weighted by molar-refractivity contribution is 0.397. The minimum Gasteiger partial charge on any atom is -0.356 e. The molecule has 0 N–H and O–H groups in total. The van der Waals surface area contributed by atoms with Crippen molar-refractivity contribution in [3.63, 3.8) is 0 Å². The topological polar surface area (TPSA) is 26.0 Å². The van der Waals surface area contributed by atoms with E-state index < -0.39 is 0 Å². The molecule has 0 aliphatic carbocycles. The van der Waals surface area contributed by atoms with Gasteiger partial charge in [-0.3, -0.25) is 0 Å². The second-order valence-electron chi connectivity index (χ2n) is 4.94. The summed E-state index contributed by atoms with van der Waals surface area (Å²) in [5, 5.41) is 4.24. The molecule has 2 heteroatoms. The zero-order valence-electron chi connectivity index (χ0n) is 16.1. The molecular formula is C20H37NO. The summed E-state index contributed by atoms with van der Waals surface area (Å²) < 4.78 is 5.46. The molecule has 0 saturated carbocycles. The van der Waals surface area contributed by atoms with Crippen LogP contribution in [0.2, 0.25) is 0 Å². The number of allylic oxidation sites excluding steroid dienone is 1. The summed E-state index contributed by atoms with van der Waals surface area (Å²) in [4.78, 5) is 0. The van der Waals surface area contributed by atoms with E-state index in [4.69, 9.17) is 4.52 Å². The van der Waals surface area contributed by atoms with Crippen molar-refractivity contribution in [2.45, 2.75) is 87.0 Å². The van der Waals surface area contributed by atoms with Gasteiger partial charge in [-0.1, -0.05) is 84.7 Å². The first-order valence-electron chi connectivity index (χ1n) is 8.93. The number of hydrogen-bond acceptors (Lipinski definition) is 2. The second kappa shape index (κ2) is 14.6. The summed E-state index contributed by atoms with van der Waals surface area (Å²) in [5.74, 6) is 1.29. The van der Waals surface area contributed by atoms with Crippen LogP contribution in [0.5, 0.6) is 0 Å². The van der Waals surface area contributed by atoms with Crippen molar-refractivity contribution < 1.29 is 4.52 Å². The third kappa shape index (κ3) is 7.63. The minimum atomic E-state index is 0.436. The van der Waals surface area contributed by atoms with Gasteiger partial charge in [-0.15, -0.1) is 0 Å². The fourth-order valence-electron chi connectivity index (χ4n) is 1.96. The van der Waals surface area contributed by atoms with Gasteiger partial charge in [0.15, 0.2) is 5.76 Å². The Morgan fingerprint density at radius 2 is 1.82 bits per heavy atom. The quantitative estimate of drug-likeness (QED) is 0.522. The normalized spacial score (nSPS) is 11.7. The van der Waals surface area contributed by atoms with Gasteiger partial charge in [0.05, 0.1) is 5.69 Å². The lowest BCUT2D eigenvalue weighted by Gasteiger charge is -2.07. The van der Waals surface area contributed by atoms with E-state index in [0.29, 0.717) is 5.92 Å². The van der Waals surface area contributed by atoms with Gasteiger partial charge in [0, 0.05) is 11.5 Å². The van der Waals surface area contributed by atoms with Gasteiger partial charge in [0.25, 0.3) is 0 Å². The predicted molar refractivity (Wildman–Crippen MR) is 101 cm³/mol. The molecule has 1 aromatic rings. The molecule has 0 aliphatic rings. The third-order valence-corrected chi connectivity index (χ3v) is 3.38. The summed E-state index contributed by atoms with van der Waals surface area (Å²) in [7, 11) is 0. The van der Waals surface area contributed by atoms with Gasteiger partial charge < -0.3 is 4.52 Å². The molecule has 0 aliphatic heterocycles. The average molecular weight is 308 g/mol. The maximum absolute atomic E-state index is 5.46. The predicted octanol–water partition coefficient (Wildman–Crippen LogP) is 7.48. The number of nitrogens with zero attached hydrogens (tertiary/aromatic N) is 1. The van der Waals surface area contributed by atoms with E-state index in [-0.39, 0.29) is 0 Å². The Morgan fingerprint density at radius 3 is 2.27 bits per heavy atom. The van der Waals surface area contributed by atoms with E-state index >= 15 is 0 Å². The van der Waals surface area contributed by atoms with Gasteiger partial charge in [-0.25, -0.2) is 0 Å². The molecule has 0 spiro atoms. The van der Waals surface area contributed by atoms with Crippen molar-refractivity contribution in [1.82, 2.24) is 5.16 Å². The van der Waals surface area contributed by atoms with Gasteiger partial charge in [-0.2, -0.15) is 0 Å². The van der Waals surface area contributed by atoms with Gasteiger partial charge >= 0.3 is 0 Å². The van der Waals surface area contributed by atoms with Gasteiger partial charge in [0.2, 0.25) is 0 Å². The van der Waals surface area contributed by atoms with Crippen LogP contribution in [0.25, 0.3) is 12.2 Å². The summed E-state index contributed by atoms with van der Waals surface area (Å²) in [5.41, 5.74) is 3.40. The molecule has 0 bridgehead atoms. The van der Waals surface area contributed by atoms with E-state index in [1.807, 2.05) is 33.8 Å². The summed E-state index contributed by atoms with van der Waals surface area (Å²) in [6, 6.07) is 0. The molecule has 0 aromatic carbocycles. The molecule has 2 nitrogen and oxygen atoms in total. The Bertz CT molecular complexity index is 415. The third-order valence-electron chi connectivity index (χ3n) is 3.38. The van der Waals surface area contributed by atoms with Crippen LogP contribution in [-0.2, 0) is 0 Å². The second-order valence-corrected chi connectivity index (χ2v) is 4.94. The highest BCUT2D eigenvalue weighted by molar-refractivity contribution is 5.63. The van der Waals surface area contributed by atoms with E-state index in [2.05, 4.69) is 45.5 Å². The SMILES string of the molecule is C=Cc1c(C(C)CCCC)noc1/C=C(/C)CC.CC.CC. The van der Waals surface area contributed by atoms with Crippen LogP contribution in [-0.4, -0.2) is 5.16 Å². The van der Waals surface area contributed by atoms with E-state index in [9.17, 15) is 0 Å². The zero-order valence-corrected chi connectivity index (χ0v) is 16.1. The largest absolute Gasteiger partial charge is 0.356 e. The monoisotopic (exact) mass is 307 g/mol. The van der Waals surface area contributed by atoms with Crippen LogP contribution in [0.1, 0.15) is 104 Å². The van der Waals surface area contributed by atoms with Crippen molar-refractivity contribution in [2.24, 2.45) is 0 Å². The van der Waals surface area contributed by atoms with Crippen LogP contribution in [0.3, 0.4) is 0 Å². The van der Waals surface area contributed by atoms with Crippen molar-refractivity contribution in [3.05, 3.63) is 29.2 Å². The average Bonchev–Trinajstić information content (AvgIpc) is 2.98. The molecule has 22 heavy (non-hydrogen) atoms. The van der Waals surface area contributed by atoms with E-state index in [1.54, 1.807) is 0 Å².